The average molecular weight is 374 g/mol. The first-order valence-corrected chi connectivity index (χ1v) is 10.1. The topological polar surface area (TPSA) is 85.4 Å². The van der Waals surface area contributed by atoms with Crippen LogP contribution in [0.5, 0.6) is 0 Å². The fourth-order valence-corrected chi connectivity index (χ4v) is 5.30. The highest BCUT2D eigenvalue weighted by Gasteiger charge is 2.32. The number of aryl methyl sites for hydroxylation is 2. The van der Waals surface area contributed by atoms with Crippen molar-refractivity contribution < 1.29 is 8.42 Å². The van der Waals surface area contributed by atoms with E-state index in [0.29, 0.717) is 29.6 Å². The molecule has 0 aliphatic carbocycles. The van der Waals surface area contributed by atoms with Crippen LogP contribution in [-0.4, -0.2) is 50.2 Å². The fourth-order valence-electron chi connectivity index (χ4n) is 3.64. The second-order valence-corrected chi connectivity index (χ2v) is 8.79. The van der Waals surface area contributed by atoms with Gasteiger partial charge in [0.1, 0.15) is 11.2 Å². The van der Waals surface area contributed by atoms with Crippen molar-refractivity contribution in [2.45, 2.75) is 37.5 Å². The van der Waals surface area contributed by atoms with E-state index in [1.54, 1.807) is 33.8 Å². The summed E-state index contributed by atoms with van der Waals surface area (Å²) in [5.74, 6) is 0.323. The Balaban J connectivity index is 1.54. The average Bonchev–Trinajstić information content (AvgIpc) is 3.23. The molecule has 8 nitrogen and oxygen atoms in total. The van der Waals surface area contributed by atoms with Crippen LogP contribution in [0.1, 0.15) is 35.6 Å². The molecule has 1 fully saturated rings. The van der Waals surface area contributed by atoms with Gasteiger partial charge in [0.25, 0.3) is 0 Å². The molecule has 1 aliphatic rings. The molecule has 138 valence electrons. The van der Waals surface area contributed by atoms with E-state index in [4.69, 9.17) is 0 Å². The van der Waals surface area contributed by atoms with Crippen molar-refractivity contribution in [1.82, 2.24) is 28.7 Å². The van der Waals surface area contributed by atoms with Crippen LogP contribution in [0.25, 0.3) is 5.65 Å². The molecule has 4 rings (SSSR count). The van der Waals surface area contributed by atoms with Crippen molar-refractivity contribution in [2.24, 2.45) is 7.05 Å². The quantitative estimate of drug-likeness (QED) is 0.696. The summed E-state index contributed by atoms with van der Waals surface area (Å²) >= 11 is 0. The molecule has 0 radical (unpaired) electrons. The van der Waals surface area contributed by atoms with E-state index in [1.165, 1.54) is 11.8 Å². The summed E-state index contributed by atoms with van der Waals surface area (Å²) < 4.78 is 30.8. The third-order valence-corrected chi connectivity index (χ3v) is 7.32. The minimum Gasteiger partial charge on any atom is -0.272 e. The van der Waals surface area contributed by atoms with E-state index in [2.05, 4.69) is 21.2 Å². The number of hydrogen-bond donors (Lipinski definition) is 0. The molecule has 0 aromatic carbocycles. The van der Waals surface area contributed by atoms with Gasteiger partial charge in [0.2, 0.25) is 10.0 Å². The molecule has 1 saturated heterocycles. The monoisotopic (exact) mass is 374 g/mol. The molecule has 3 aromatic rings. The largest absolute Gasteiger partial charge is 0.272 e. The molecule has 1 aliphatic heterocycles. The molecular weight excluding hydrogens is 352 g/mol. The van der Waals surface area contributed by atoms with Crippen molar-refractivity contribution in [1.29, 1.82) is 0 Å². The maximum atomic E-state index is 12.9. The second-order valence-electron chi connectivity index (χ2n) is 6.88. The molecule has 0 N–H and O–H groups in total. The Hall–Kier alpha value is -2.26. The number of rotatable bonds is 3. The normalized spacial score (nSPS) is 17.2. The van der Waals surface area contributed by atoms with Crippen LogP contribution in [0.2, 0.25) is 0 Å². The van der Waals surface area contributed by atoms with Crippen molar-refractivity contribution in [2.75, 3.05) is 13.1 Å². The van der Waals surface area contributed by atoms with Crippen molar-refractivity contribution >= 4 is 15.7 Å². The number of sulfonamides is 1. The molecule has 0 saturated carbocycles. The zero-order chi connectivity index (χ0) is 18.5. The van der Waals surface area contributed by atoms with E-state index in [0.717, 1.165) is 24.1 Å². The summed E-state index contributed by atoms with van der Waals surface area (Å²) in [6.07, 6.45) is 6.59. The van der Waals surface area contributed by atoms with Gasteiger partial charge in [0, 0.05) is 26.3 Å². The lowest BCUT2D eigenvalue weighted by Gasteiger charge is -2.31. The lowest BCUT2D eigenvalue weighted by molar-refractivity contribution is 0.319. The van der Waals surface area contributed by atoms with E-state index < -0.39 is 10.0 Å². The number of pyridine rings is 1. The van der Waals surface area contributed by atoms with Gasteiger partial charge in [0.05, 0.1) is 11.9 Å². The Morgan fingerprint density at radius 1 is 1.15 bits per heavy atom. The maximum absolute atomic E-state index is 12.9. The fraction of sp³-hybridized carbons (Fsp3) is 0.471. The van der Waals surface area contributed by atoms with Crippen LogP contribution in [0.4, 0.5) is 0 Å². The zero-order valence-electron chi connectivity index (χ0n) is 15.1. The van der Waals surface area contributed by atoms with Crippen molar-refractivity contribution in [3.05, 3.63) is 41.6 Å². The first-order chi connectivity index (χ1) is 12.4. The Labute approximate surface area is 152 Å². The lowest BCUT2D eigenvalue weighted by Crippen LogP contribution is -2.38. The molecule has 4 heterocycles. The minimum atomic E-state index is -3.49. The van der Waals surface area contributed by atoms with Crippen LogP contribution in [0, 0.1) is 13.8 Å². The number of fused-ring (bicyclic) bond motifs is 1. The third kappa shape index (κ3) is 2.71. The van der Waals surface area contributed by atoms with Crippen LogP contribution in [0.15, 0.2) is 29.7 Å². The van der Waals surface area contributed by atoms with Gasteiger partial charge in [0.15, 0.2) is 5.65 Å². The number of aromatic nitrogens is 5. The number of hydrogen-bond acceptors (Lipinski definition) is 5. The van der Waals surface area contributed by atoms with Crippen LogP contribution in [-0.2, 0) is 17.1 Å². The third-order valence-electron chi connectivity index (χ3n) is 5.31. The summed E-state index contributed by atoms with van der Waals surface area (Å²) in [7, 11) is -1.74. The van der Waals surface area contributed by atoms with Gasteiger partial charge in [-0.3, -0.25) is 4.68 Å². The van der Waals surface area contributed by atoms with Gasteiger partial charge in [-0.05, 0) is 43.7 Å². The smallest absolute Gasteiger partial charge is 0.246 e. The van der Waals surface area contributed by atoms with Gasteiger partial charge < -0.3 is 0 Å². The summed E-state index contributed by atoms with van der Waals surface area (Å²) in [6.45, 7) is 4.83. The molecule has 0 bridgehead atoms. The first-order valence-electron chi connectivity index (χ1n) is 8.66. The van der Waals surface area contributed by atoms with Crippen molar-refractivity contribution in [3.8, 4) is 0 Å². The van der Waals surface area contributed by atoms with Gasteiger partial charge in [-0.2, -0.15) is 14.5 Å². The Morgan fingerprint density at radius 3 is 2.54 bits per heavy atom. The summed E-state index contributed by atoms with van der Waals surface area (Å²) in [4.78, 5) is 4.55. The minimum absolute atomic E-state index is 0.304. The van der Waals surface area contributed by atoms with E-state index >= 15 is 0 Å². The van der Waals surface area contributed by atoms with E-state index in [1.807, 2.05) is 13.1 Å². The van der Waals surface area contributed by atoms with Crippen LogP contribution in [0.3, 0.4) is 0 Å². The Bertz CT molecular complexity index is 1060. The van der Waals surface area contributed by atoms with Gasteiger partial charge in [-0.1, -0.05) is 6.07 Å². The van der Waals surface area contributed by atoms with E-state index in [-0.39, 0.29) is 0 Å². The molecular formula is C17H22N6O2S. The Morgan fingerprint density at radius 2 is 1.88 bits per heavy atom. The molecule has 0 atom stereocenters. The SMILES string of the molecule is Cc1cc(C2CCN(S(=O)(=O)c3cnn(C)c3C)CC2)cn2ncnc12. The molecule has 0 unspecified atom stereocenters. The number of piperidine rings is 1. The number of nitrogens with zero attached hydrogens (tertiary/aromatic N) is 6. The molecule has 0 amide bonds. The predicted octanol–water partition coefficient (Wildman–Crippen LogP) is 1.65. The van der Waals surface area contributed by atoms with Crippen molar-refractivity contribution in [3.63, 3.8) is 0 Å². The standard InChI is InChI=1S/C17H22N6O2S/c1-12-8-15(10-23-17(12)18-11-20-23)14-4-6-22(7-5-14)26(24,25)16-9-19-21(3)13(16)2/h8-11,14H,4-7H2,1-3H3. The van der Waals surface area contributed by atoms with Gasteiger partial charge >= 0.3 is 0 Å². The highest BCUT2D eigenvalue weighted by Crippen LogP contribution is 2.32. The molecule has 3 aromatic heterocycles. The van der Waals surface area contributed by atoms with Crippen LogP contribution >= 0.6 is 0 Å². The van der Waals surface area contributed by atoms with Gasteiger partial charge in [-0.25, -0.2) is 17.9 Å². The summed E-state index contributed by atoms with van der Waals surface area (Å²) in [5, 5.41) is 8.30. The molecule has 0 spiro atoms. The highest BCUT2D eigenvalue weighted by molar-refractivity contribution is 7.89. The lowest BCUT2D eigenvalue weighted by atomic mass is 9.91. The Kier molecular flexibility index (Phi) is 4.07. The van der Waals surface area contributed by atoms with Crippen LogP contribution < -0.4 is 0 Å². The molecule has 9 heteroatoms. The maximum Gasteiger partial charge on any atom is 0.246 e. The summed E-state index contributed by atoms with van der Waals surface area (Å²) in [5.41, 5.74) is 3.80. The second kappa shape index (κ2) is 6.17. The summed E-state index contributed by atoms with van der Waals surface area (Å²) in [6, 6.07) is 2.14. The highest BCUT2D eigenvalue weighted by atomic mass is 32.2. The molecule has 26 heavy (non-hydrogen) atoms. The van der Waals surface area contributed by atoms with Gasteiger partial charge in [-0.15, -0.1) is 0 Å². The first kappa shape index (κ1) is 17.2. The zero-order valence-corrected chi connectivity index (χ0v) is 15.9. The predicted molar refractivity (Wildman–Crippen MR) is 96.4 cm³/mol. The van der Waals surface area contributed by atoms with E-state index in [9.17, 15) is 8.42 Å².